The second-order valence-corrected chi connectivity index (χ2v) is 7.07. The van der Waals surface area contributed by atoms with Crippen LogP contribution in [0.5, 0.6) is 0 Å². The molecular weight excluding hydrogens is 288 g/mol. The maximum absolute atomic E-state index is 2.31. The number of allylic oxidation sites excluding steroid dienone is 1. The molecule has 0 aromatic heterocycles. The first-order chi connectivity index (χ1) is 11.5. The van der Waals surface area contributed by atoms with E-state index in [2.05, 4.69) is 95.3 Å². The zero-order valence-corrected chi connectivity index (χ0v) is 15.4. The van der Waals surface area contributed by atoms with E-state index in [0.717, 1.165) is 0 Å². The molecule has 0 bridgehead atoms. The predicted octanol–water partition coefficient (Wildman–Crippen LogP) is 7.10. The molecule has 3 aromatic rings. The lowest BCUT2D eigenvalue weighted by Crippen LogP contribution is -1.95. The van der Waals surface area contributed by atoms with Crippen molar-refractivity contribution in [3.05, 3.63) is 76.9 Å². The van der Waals surface area contributed by atoms with Crippen molar-refractivity contribution in [3.63, 3.8) is 0 Å². The highest BCUT2D eigenvalue weighted by atomic mass is 14.2. The summed E-state index contributed by atoms with van der Waals surface area (Å²) in [6, 6.07) is 17.7. The quantitative estimate of drug-likeness (QED) is 0.483. The van der Waals surface area contributed by atoms with Crippen LogP contribution in [0, 0.1) is 26.7 Å². The van der Waals surface area contributed by atoms with E-state index in [1.807, 2.05) is 0 Å². The van der Waals surface area contributed by atoms with Gasteiger partial charge < -0.3 is 0 Å². The van der Waals surface area contributed by atoms with E-state index in [1.165, 1.54) is 44.2 Å². The average molecular weight is 314 g/mol. The van der Waals surface area contributed by atoms with Gasteiger partial charge in [0.25, 0.3) is 0 Å². The molecule has 0 heterocycles. The van der Waals surface area contributed by atoms with Gasteiger partial charge >= 0.3 is 0 Å². The molecule has 0 amide bonds. The van der Waals surface area contributed by atoms with E-state index in [-0.39, 0.29) is 0 Å². The Morgan fingerprint density at radius 3 is 2.08 bits per heavy atom. The normalized spacial score (nSPS) is 11.8. The molecule has 122 valence electrons. The Morgan fingerprint density at radius 1 is 0.708 bits per heavy atom. The third-order valence-corrected chi connectivity index (χ3v) is 4.71. The van der Waals surface area contributed by atoms with E-state index in [9.17, 15) is 0 Å². The van der Waals surface area contributed by atoms with Crippen molar-refractivity contribution in [2.45, 2.75) is 34.6 Å². The van der Waals surface area contributed by atoms with Gasteiger partial charge in [0, 0.05) is 0 Å². The van der Waals surface area contributed by atoms with Gasteiger partial charge in [-0.1, -0.05) is 74.5 Å². The summed E-state index contributed by atoms with van der Waals surface area (Å²) in [5.41, 5.74) is 8.10. The molecule has 0 atom stereocenters. The van der Waals surface area contributed by atoms with E-state index >= 15 is 0 Å². The first-order valence-electron chi connectivity index (χ1n) is 8.76. The lowest BCUT2D eigenvalue weighted by atomic mass is 9.86. The first kappa shape index (κ1) is 16.5. The SMILES string of the molecule is Cc1ccc(C)c(-c2c(C)ccc3ccccc23)c1/C=C\C(C)C. The van der Waals surface area contributed by atoms with Gasteiger partial charge in [0.2, 0.25) is 0 Å². The highest BCUT2D eigenvalue weighted by Crippen LogP contribution is 2.38. The van der Waals surface area contributed by atoms with Crippen LogP contribution in [0.15, 0.2) is 54.6 Å². The molecule has 3 aromatic carbocycles. The fraction of sp³-hybridized carbons (Fsp3) is 0.250. The maximum Gasteiger partial charge on any atom is -0.00673 e. The minimum absolute atomic E-state index is 0.548. The molecule has 0 aliphatic rings. The van der Waals surface area contributed by atoms with Crippen LogP contribution in [-0.2, 0) is 0 Å². The van der Waals surface area contributed by atoms with Gasteiger partial charge in [0.05, 0.1) is 0 Å². The van der Waals surface area contributed by atoms with Crippen molar-refractivity contribution in [2.75, 3.05) is 0 Å². The Balaban J connectivity index is 2.39. The third-order valence-electron chi connectivity index (χ3n) is 4.71. The zero-order chi connectivity index (χ0) is 17.3. The molecule has 0 aliphatic carbocycles. The fourth-order valence-electron chi connectivity index (χ4n) is 3.38. The molecule has 0 saturated carbocycles. The Morgan fingerprint density at radius 2 is 1.33 bits per heavy atom. The smallest absolute Gasteiger partial charge is 0.00673 e. The number of fused-ring (bicyclic) bond motifs is 1. The van der Waals surface area contributed by atoms with Gasteiger partial charge in [-0.05, 0) is 70.8 Å². The lowest BCUT2D eigenvalue weighted by molar-refractivity contribution is 0.836. The number of aryl methyl sites for hydroxylation is 3. The first-order valence-corrected chi connectivity index (χ1v) is 8.76. The predicted molar refractivity (Wildman–Crippen MR) is 107 cm³/mol. The third kappa shape index (κ3) is 3.01. The molecule has 0 heteroatoms. The molecule has 0 N–H and O–H groups in total. The summed E-state index contributed by atoms with van der Waals surface area (Å²) in [6.45, 7) is 11.1. The Labute approximate surface area is 145 Å². The maximum atomic E-state index is 2.31. The molecule has 3 rings (SSSR count). The number of rotatable bonds is 3. The summed E-state index contributed by atoms with van der Waals surface area (Å²) in [4.78, 5) is 0. The number of benzene rings is 3. The molecule has 0 aliphatic heterocycles. The van der Waals surface area contributed by atoms with Crippen LogP contribution in [0.3, 0.4) is 0 Å². The monoisotopic (exact) mass is 314 g/mol. The summed E-state index contributed by atoms with van der Waals surface area (Å²) in [5.74, 6) is 0.548. The van der Waals surface area contributed by atoms with Crippen molar-refractivity contribution in [1.82, 2.24) is 0 Å². The van der Waals surface area contributed by atoms with Crippen LogP contribution in [0.2, 0.25) is 0 Å². The summed E-state index contributed by atoms with van der Waals surface area (Å²) in [5, 5.41) is 2.64. The molecular formula is C24H26. The highest BCUT2D eigenvalue weighted by molar-refractivity contribution is 6.01. The van der Waals surface area contributed by atoms with Crippen molar-refractivity contribution < 1.29 is 0 Å². The van der Waals surface area contributed by atoms with E-state index in [4.69, 9.17) is 0 Å². The molecule has 0 saturated heterocycles. The van der Waals surface area contributed by atoms with Gasteiger partial charge in [0.15, 0.2) is 0 Å². The van der Waals surface area contributed by atoms with Gasteiger partial charge in [-0.3, -0.25) is 0 Å². The number of hydrogen-bond acceptors (Lipinski definition) is 0. The van der Waals surface area contributed by atoms with E-state index in [0.29, 0.717) is 5.92 Å². The lowest BCUT2D eigenvalue weighted by Gasteiger charge is -2.18. The van der Waals surface area contributed by atoms with Crippen LogP contribution in [0.1, 0.15) is 36.1 Å². The van der Waals surface area contributed by atoms with Gasteiger partial charge in [-0.25, -0.2) is 0 Å². The highest BCUT2D eigenvalue weighted by Gasteiger charge is 2.14. The molecule has 0 nitrogen and oxygen atoms in total. The molecule has 0 radical (unpaired) electrons. The van der Waals surface area contributed by atoms with Crippen molar-refractivity contribution in [1.29, 1.82) is 0 Å². The van der Waals surface area contributed by atoms with Crippen LogP contribution >= 0.6 is 0 Å². The minimum Gasteiger partial charge on any atom is -0.0813 e. The van der Waals surface area contributed by atoms with Crippen molar-refractivity contribution >= 4 is 16.8 Å². The van der Waals surface area contributed by atoms with Gasteiger partial charge in [0.1, 0.15) is 0 Å². The van der Waals surface area contributed by atoms with Crippen LogP contribution in [0.4, 0.5) is 0 Å². The second-order valence-electron chi connectivity index (χ2n) is 7.07. The Hall–Kier alpha value is -2.34. The molecule has 0 fully saturated rings. The molecule has 24 heavy (non-hydrogen) atoms. The molecule has 0 unspecified atom stereocenters. The van der Waals surface area contributed by atoms with Crippen LogP contribution in [0.25, 0.3) is 28.0 Å². The zero-order valence-electron chi connectivity index (χ0n) is 15.4. The summed E-state index contributed by atoms with van der Waals surface area (Å²) in [7, 11) is 0. The largest absolute Gasteiger partial charge is 0.0813 e. The second kappa shape index (κ2) is 6.65. The van der Waals surface area contributed by atoms with Crippen molar-refractivity contribution in [3.8, 4) is 11.1 Å². The summed E-state index contributed by atoms with van der Waals surface area (Å²) < 4.78 is 0. The van der Waals surface area contributed by atoms with Gasteiger partial charge in [-0.15, -0.1) is 0 Å². The summed E-state index contributed by atoms with van der Waals surface area (Å²) in [6.07, 6.45) is 4.61. The van der Waals surface area contributed by atoms with E-state index in [1.54, 1.807) is 0 Å². The van der Waals surface area contributed by atoms with E-state index < -0.39 is 0 Å². The topological polar surface area (TPSA) is 0 Å². The standard InChI is InChI=1S/C24H26/c1-16(2)10-15-21-17(3)11-12-18(4)23(21)24-19(5)13-14-20-8-6-7-9-22(20)24/h6-16H,1-5H3/b15-10-. The van der Waals surface area contributed by atoms with Crippen molar-refractivity contribution in [2.24, 2.45) is 5.92 Å². The number of hydrogen-bond donors (Lipinski definition) is 0. The van der Waals surface area contributed by atoms with Crippen LogP contribution < -0.4 is 0 Å². The van der Waals surface area contributed by atoms with Crippen LogP contribution in [-0.4, -0.2) is 0 Å². The van der Waals surface area contributed by atoms with Gasteiger partial charge in [-0.2, -0.15) is 0 Å². The summed E-state index contributed by atoms with van der Waals surface area (Å²) >= 11 is 0. The Kier molecular flexibility index (Phi) is 4.57. The fourth-order valence-corrected chi connectivity index (χ4v) is 3.38. The molecule has 0 spiro atoms. The Bertz CT molecular complexity index is 911. The minimum atomic E-state index is 0.548. The average Bonchev–Trinajstić information content (AvgIpc) is 2.56.